The topological polar surface area (TPSA) is 75.8 Å². The molecule has 1 saturated heterocycles. The van der Waals surface area contributed by atoms with E-state index in [0.29, 0.717) is 31.5 Å². The molecule has 26 heavy (non-hydrogen) atoms. The Balaban J connectivity index is 0.00000243. The van der Waals surface area contributed by atoms with E-state index in [1.54, 1.807) is 6.20 Å². The molecule has 1 aromatic carbocycles. The second kappa shape index (κ2) is 10.7. The molecular formula is C18H23ClIN5O. The third kappa shape index (κ3) is 5.80. The van der Waals surface area contributed by atoms with Crippen LogP contribution in [-0.2, 0) is 4.74 Å². The van der Waals surface area contributed by atoms with E-state index in [9.17, 15) is 0 Å². The minimum atomic E-state index is 0. The third-order valence-electron chi connectivity index (χ3n) is 4.11. The fourth-order valence-electron chi connectivity index (χ4n) is 2.84. The predicted octanol–water partition coefficient (Wildman–Crippen LogP) is 3.15. The van der Waals surface area contributed by atoms with Crippen molar-refractivity contribution in [2.75, 3.05) is 38.2 Å². The highest BCUT2D eigenvalue weighted by Crippen LogP contribution is 2.28. The lowest BCUT2D eigenvalue weighted by atomic mass is 10.0. The molecule has 3 rings (SSSR count). The van der Waals surface area contributed by atoms with E-state index in [-0.39, 0.29) is 30.0 Å². The molecular weight excluding hydrogens is 465 g/mol. The van der Waals surface area contributed by atoms with Gasteiger partial charge in [0.15, 0.2) is 5.96 Å². The summed E-state index contributed by atoms with van der Waals surface area (Å²) in [6.07, 6.45) is 1.70. The van der Waals surface area contributed by atoms with Gasteiger partial charge >= 0.3 is 0 Å². The minimum absolute atomic E-state index is 0. The van der Waals surface area contributed by atoms with Crippen LogP contribution in [0.15, 0.2) is 53.7 Å². The molecule has 0 spiro atoms. The lowest BCUT2D eigenvalue weighted by Gasteiger charge is -2.34. The van der Waals surface area contributed by atoms with Crippen molar-refractivity contribution in [2.45, 2.75) is 6.04 Å². The van der Waals surface area contributed by atoms with Crippen LogP contribution in [-0.4, -0.2) is 48.7 Å². The van der Waals surface area contributed by atoms with Crippen LogP contribution in [0.1, 0.15) is 11.6 Å². The molecule has 6 nitrogen and oxygen atoms in total. The number of morpholine rings is 1. The molecule has 1 aliphatic heterocycles. The summed E-state index contributed by atoms with van der Waals surface area (Å²) in [7, 11) is 0. The quantitative estimate of drug-likeness (QED) is 0.385. The zero-order valence-electron chi connectivity index (χ0n) is 14.3. The molecule has 0 saturated carbocycles. The van der Waals surface area contributed by atoms with Gasteiger partial charge in [0.25, 0.3) is 0 Å². The molecule has 0 amide bonds. The number of halogens is 2. The van der Waals surface area contributed by atoms with E-state index >= 15 is 0 Å². The molecule has 2 aromatic rings. The van der Waals surface area contributed by atoms with E-state index < -0.39 is 0 Å². The summed E-state index contributed by atoms with van der Waals surface area (Å²) >= 11 is 6.42. The number of hydrogen-bond donors (Lipinski definition) is 2. The summed E-state index contributed by atoms with van der Waals surface area (Å²) in [6, 6.07) is 13.5. The Bertz CT molecular complexity index is 710. The highest BCUT2D eigenvalue weighted by molar-refractivity contribution is 14.0. The van der Waals surface area contributed by atoms with Crippen LogP contribution in [0.3, 0.4) is 0 Å². The summed E-state index contributed by atoms with van der Waals surface area (Å²) in [6.45, 7) is 3.63. The number of aromatic nitrogens is 1. The first-order valence-corrected chi connectivity index (χ1v) is 8.66. The molecule has 1 unspecified atom stereocenters. The van der Waals surface area contributed by atoms with Crippen molar-refractivity contribution < 1.29 is 4.74 Å². The fourth-order valence-corrected chi connectivity index (χ4v) is 3.10. The Hall–Kier alpha value is -1.42. The first-order chi connectivity index (χ1) is 12.2. The number of aliphatic imine (C=N–C) groups is 1. The van der Waals surface area contributed by atoms with Gasteiger partial charge in [-0.3, -0.25) is 9.89 Å². The maximum absolute atomic E-state index is 6.42. The number of hydrogen-bond acceptors (Lipinski definition) is 4. The Kier molecular flexibility index (Phi) is 8.56. The summed E-state index contributed by atoms with van der Waals surface area (Å²) in [5, 5.41) is 3.75. The van der Waals surface area contributed by atoms with Crippen LogP contribution < -0.4 is 11.1 Å². The summed E-state index contributed by atoms with van der Waals surface area (Å²) in [5.74, 6) is 1.01. The Labute approximate surface area is 175 Å². The molecule has 1 fully saturated rings. The molecule has 1 aliphatic rings. The van der Waals surface area contributed by atoms with Gasteiger partial charge in [-0.2, -0.15) is 0 Å². The highest BCUT2D eigenvalue weighted by atomic mass is 127. The van der Waals surface area contributed by atoms with Gasteiger partial charge in [-0.1, -0.05) is 35.9 Å². The van der Waals surface area contributed by atoms with Crippen LogP contribution in [0.5, 0.6) is 0 Å². The maximum atomic E-state index is 6.42. The lowest BCUT2D eigenvalue weighted by molar-refractivity contribution is 0.0180. The summed E-state index contributed by atoms with van der Waals surface area (Å²) < 4.78 is 5.46. The molecule has 1 atom stereocenters. The van der Waals surface area contributed by atoms with Crippen molar-refractivity contribution in [3.8, 4) is 0 Å². The smallest absolute Gasteiger partial charge is 0.194 e. The van der Waals surface area contributed by atoms with Gasteiger partial charge in [-0.05, 0) is 23.8 Å². The number of nitrogens with zero attached hydrogens (tertiary/aromatic N) is 3. The molecule has 1 aromatic heterocycles. The van der Waals surface area contributed by atoms with E-state index in [0.717, 1.165) is 23.7 Å². The second-order valence-corrected chi connectivity index (χ2v) is 6.16. The summed E-state index contributed by atoms with van der Waals surface area (Å²) in [4.78, 5) is 11.0. The SMILES string of the molecule is I.NC(=NCC(c1ccccc1Cl)N1CCOCC1)Nc1ccccn1. The van der Waals surface area contributed by atoms with Crippen LogP contribution in [0, 0.1) is 0 Å². The first kappa shape index (κ1) is 20.9. The zero-order chi connectivity index (χ0) is 17.5. The fraction of sp³-hybridized carbons (Fsp3) is 0.333. The molecule has 0 radical (unpaired) electrons. The average molecular weight is 488 g/mol. The monoisotopic (exact) mass is 487 g/mol. The number of guanidine groups is 1. The van der Waals surface area contributed by atoms with Crippen molar-refractivity contribution in [1.29, 1.82) is 0 Å². The van der Waals surface area contributed by atoms with E-state index in [1.807, 2.05) is 42.5 Å². The lowest BCUT2D eigenvalue weighted by Crippen LogP contribution is -2.40. The highest BCUT2D eigenvalue weighted by Gasteiger charge is 2.24. The van der Waals surface area contributed by atoms with Gasteiger partial charge < -0.3 is 15.8 Å². The first-order valence-electron chi connectivity index (χ1n) is 8.28. The molecule has 140 valence electrons. The van der Waals surface area contributed by atoms with Gasteiger partial charge in [-0.25, -0.2) is 4.98 Å². The number of rotatable bonds is 5. The molecule has 2 heterocycles. The second-order valence-electron chi connectivity index (χ2n) is 5.75. The van der Waals surface area contributed by atoms with Gasteiger partial charge in [0.1, 0.15) is 5.82 Å². The number of nitrogens with two attached hydrogens (primary N) is 1. The number of anilines is 1. The Morgan fingerprint density at radius 1 is 1.23 bits per heavy atom. The molecule has 0 bridgehead atoms. The van der Waals surface area contributed by atoms with Crippen molar-refractivity contribution in [3.05, 3.63) is 59.2 Å². The van der Waals surface area contributed by atoms with Crippen molar-refractivity contribution >= 4 is 47.4 Å². The molecule has 3 N–H and O–H groups in total. The van der Waals surface area contributed by atoms with Crippen LogP contribution in [0.2, 0.25) is 5.02 Å². The normalized spacial score (nSPS) is 16.6. The molecule has 8 heteroatoms. The average Bonchev–Trinajstić information content (AvgIpc) is 2.65. The van der Waals surface area contributed by atoms with Crippen molar-refractivity contribution in [2.24, 2.45) is 10.7 Å². The van der Waals surface area contributed by atoms with Gasteiger partial charge in [0.05, 0.1) is 25.8 Å². The Morgan fingerprint density at radius 2 is 1.96 bits per heavy atom. The standard InChI is InChI=1S/C18H22ClN5O.HI/c19-15-6-2-1-5-14(15)16(24-9-11-25-12-10-24)13-22-18(20)23-17-7-3-4-8-21-17;/h1-8,16H,9-13H2,(H3,20,21,22,23);1H. The summed E-state index contributed by atoms with van der Waals surface area (Å²) in [5.41, 5.74) is 7.08. The molecule has 0 aliphatic carbocycles. The maximum Gasteiger partial charge on any atom is 0.194 e. The van der Waals surface area contributed by atoms with Gasteiger partial charge in [-0.15, -0.1) is 24.0 Å². The van der Waals surface area contributed by atoms with Crippen LogP contribution >= 0.6 is 35.6 Å². The van der Waals surface area contributed by atoms with E-state index in [2.05, 4.69) is 20.2 Å². The third-order valence-corrected chi connectivity index (χ3v) is 4.45. The van der Waals surface area contributed by atoms with Crippen molar-refractivity contribution in [3.63, 3.8) is 0 Å². The predicted molar refractivity (Wildman–Crippen MR) is 116 cm³/mol. The number of pyridine rings is 1. The Morgan fingerprint density at radius 3 is 2.65 bits per heavy atom. The largest absolute Gasteiger partial charge is 0.379 e. The van der Waals surface area contributed by atoms with Gasteiger partial charge in [0.2, 0.25) is 0 Å². The van der Waals surface area contributed by atoms with Gasteiger partial charge in [0, 0.05) is 24.3 Å². The van der Waals surface area contributed by atoms with Crippen molar-refractivity contribution in [1.82, 2.24) is 9.88 Å². The van der Waals surface area contributed by atoms with E-state index in [4.69, 9.17) is 22.1 Å². The van der Waals surface area contributed by atoms with Crippen LogP contribution in [0.25, 0.3) is 0 Å². The number of benzene rings is 1. The number of ether oxygens (including phenoxy) is 1. The van der Waals surface area contributed by atoms with Crippen LogP contribution in [0.4, 0.5) is 5.82 Å². The zero-order valence-corrected chi connectivity index (χ0v) is 17.4. The van der Waals surface area contributed by atoms with E-state index in [1.165, 1.54) is 0 Å². The number of nitrogens with one attached hydrogen (secondary N) is 1. The minimum Gasteiger partial charge on any atom is -0.379 e.